The van der Waals surface area contributed by atoms with Crippen molar-refractivity contribution in [3.63, 3.8) is 0 Å². The third-order valence-electron chi connectivity index (χ3n) is 5.12. The van der Waals surface area contributed by atoms with E-state index in [4.69, 9.17) is 4.74 Å². The lowest BCUT2D eigenvalue weighted by Crippen LogP contribution is -2.47. The lowest BCUT2D eigenvalue weighted by molar-refractivity contribution is -0.121. The number of sulfonamides is 1. The van der Waals surface area contributed by atoms with Crippen molar-refractivity contribution < 1.29 is 22.7 Å². The molecule has 0 spiro atoms. The normalized spacial score (nSPS) is 13.1. The number of nitrogens with one attached hydrogen (secondary N) is 1. The average molecular weight is 466 g/mol. The molecule has 0 saturated carbocycles. The largest absolute Gasteiger partial charge is 0.489 e. The van der Waals surface area contributed by atoms with Gasteiger partial charge in [0, 0.05) is 0 Å². The van der Waals surface area contributed by atoms with Crippen molar-refractivity contribution in [1.82, 2.24) is 0 Å². The Morgan fingerprint density at radius 1 is 1.00 bits per heavy atom. The standard InChI is InChI=1S/C24H23N3O5S/c1-33(30,31)27(16-24(29)26-15-23(28)25-21-9-5-6-10-22(21)26)19-11-13-20(14-12-19)32-17-18-7-3-2-4-8-18/h2-14H,15-17H2,1H3,(H,25,28). The molecule has 33 heavy (non-hydrogen) atoms. The molecule has 9 heteroatoms. The Morgan fingerprint density at radius 2 is 1.67 bits per heavy atom. The summed E-state index contributed by atoms with van der Waals surface area (Å²) in [5, 5.41) is 2.71. The minimum absolute atomic E-state index is 0.181. The number of amides is 2. The molecule has 0 radical (unpaired) electrons. The van der Waals surface area contributed by atoms with E-state index in [1.165, 1.54) is 4.90 Å². The second kappa shape index (κ2) is 9.33. The summed E-state index contributed by atoms with van der Waals surface area (Å²) in [6, 6.07) is 23.1. The molecule has 2 amide bonds. The van der Waals surface area contributed by atoms with Gasteiger partial charge in [0.15, 0.2) is 0 Å². The SMILES string of the molecule is CS(=O)(=O)N(CC(=O)N1CC(=O)Nc2ccccc21)c1ccc(OCc2ccccc2)cc1. The van der Waals surface area contributed by atoms with Gasteiger partial charge in [-0.15, -0.1) is 0 Å². The van der Waals surface area contributed by atoms with Gasteiger partial charge < -0.3 is 10.1 Å². The van der Waals surface area contributed by atoms with Gasteiger partial charge in [0.05, 0.1) is 23.3 Å². The van der Waals surface area contributed by atoms with Crippen molar-refractivity contribution in [3.8, 4) is 5.75 Å². The summed E-state index contributed by atoms with van der Waals surface area (Å²) in [5.41, 5.74) is 2.37. The van der Waals surface area contributed by atoms with Gasteiger partial charge >= 0.3 is 0 Å². The van der Waals surface area contributed by atoms with Gasteiger partial charge in [0.2, 0.25) is 21.8 Å². The van der Waals surface area contributed by atoms with Crippen LogP contribution in [0.4, 0.5) is 17.1 Å². The number of fused-ring (bicyclic) bond motifs is 1. The van der Waals surface area contributed by atoms with E-state index in [0.717, 1.165) is 16.1 Å². The van der Waals surface area contributed by atoms with E-state index in [2.05, 4.69) is 5.32 Å². The van der Waals surface area contributed by atoms with Crippen LogP contribution < -0.4 is 19.3 Å². The molecule has 0 aromatic heterocycles. The third kappa shape index (κ3) is 5.32. The Morgan fingerprint density at radius 3 is 2.36 bits per heavy atom. The van der Waals surface area contributed by atoms with Crippen LogP contribution >= 0.6 is 0 Å². The predicted molar refractivity (Wildman–Crippen MR) is 127 cm³/mol. The Bertz CT molecular complexity index is 1260. The van der Waals surface area contributed by atoms with Crippen molar-refractivity contribution in [2.75, 3.05) is 33.9 Å². The first-order chi connectivity index (χ1) is 15.8. The number of rotatable bonds is 7. The summed E-state index contributed by atoms with van der Waals surface area (Å²) in [6.07, 6.45) is 1.04. The highest BCUT2D eigenvalue weighted by atomic mass is 32.2. The molecule has 4 rings (SSSR count). The van der Waals surface area contributed by atoms with Crippen LogP contribution in [0.5, 0.6) is 5.75 Å². The number of carbonyl (C=O) groups is 2. The van der Waals surface area contributed by atoms with E-state index in [1.807, 2.05) is 30.3 Å². The third-order valence-corrected chi connectivity index (χ3v) is 6.26. The van der Waals surface area contributed by atoms with Gasteiger partial charge in [-0.1, -0.05) is 42.5 Å². The molecular weight excluding hydrogens is 442 g/mol. The lowest BCUT2D eigenvalue weighted by atomic mass is 10.2. The van der Waals surface area contributed by atoms with E-state index >= 15 is 0 Å². The molecule has 0 saturated heterocycles. The zero-order chi connectivity index (χ0) is 23.4. The van der Waals surface area contributed by atoms with Gasteiger partial charge in [-0.3, -0.25) is 18.8 Å². The summed E-state index contributed by atoms with van der Waals surface area (Å²) in [5.74, 6) is -0.274. The first-order valence-electron chi connectivity index (χ1n) is 10.2. The fourth-order valence-electron chi connectivity index (χ4n) is 3.51. The highest BCUT2D eigenvalue weighted by molar-refractivity contribution is 7.92. The molecule has 0 fully saturated rings. The smallest absolute Gasteiger partial charge is 0.248 e. The number of ether oxygens (including phenoxy) is 1. The lowest BCUT2D eigenvalue weighted by Gasteiger charge is -2.31. The number of carbonyl (C=O) groups excluding carboxylic acids is 2. The molecular formula is C24H23N3O5S. The summed E-state index contributed by atoms with van der Waals surface area (Å²) >= 11 is 0. The molecule has 1 aliphatic rings. The van der Waals surface area contributed by atoms with Gasteiger partial charge in [-0.2, -0.15) is 0 Å². The fraction of sp³-hybridized carbons (Fsp3) is 0.167. The van der Waals surface area contributed by atoms with E-state index in [0.29, 0.717) is 29.4 Å². The molecule has 1 heterocycles. The van der Waals surface area contributed by atoms with Crippen LogP contribution in [0.15, 0.2) is 78.9 Å². The summed E-state index contributed by atoms with van der Waals surface area (Å²) < 4.78 is 31.8. The maximum atomic E-state index is 13.1. The quantitative estimate of drug-likeness (QED) is 0.579. The van der Waals surface area contributed by atoms with E-state index in [9.17, 15) is 18.0 Å². The fourth-order valence-corrected chi connectivity index (χ4v) is 4.36. The molecule has 1 N–H and O–H groups in total. The van der Waals surface area contributed by atoms with Crippen molar-refractivity contribution in [2.24, 2.45) is 0 Å². The minimum Gasteiger partial charge on any atom is -0.489 e. The molecule has 170 valence electrons. The van der Waals surface area contributed by atoms with Gasteiger partial charge in [-0.05, 0) is 42.0 Å². The zero-order valence-corrected chi connectivity index (χ0v) is 18.8. The van der Waals surface area contributed by atoms with Crippen LogP contribution in [-0.2, 0) is 26.2 Å². The van der Waals surface area contributed by atoms with Crippen molar-refractivity contribution in [1.29, 1.82) is 0 Å². The number of hydrogen-bond donors (Lipinski definition) is 1. The van der Waals surface area contributed by atoms with E-state index in [-0.39, 0.29) is 12.5 Å². The monoisotopic (exact) mass is 465 g/mol. The van der Waals surface area contributed by atoms with Gasteiger partial charge in [0.25, 0.3) is 0 Å². The Balaban J connectivity index is 1.51. The molecule has 3 aromatic carbocycles. The second-order valence-corrected chi connectivity index (χ2v) is 9.49. The molecule has 0 aliphatic carbocycles. The van der Waals surface area contributed by atoms with Crippen LogP contribution in [0.3, 0.4) is 0 Å². The summed E-state index contributed by atoms with van der Waals surface area (Å²) in [7, 11) is -3.77. The Hall–Kier alpha value is -3.85. The maximum absolute atomic E-state index is 13.1. The van der Waals surface area contributed by atoms with E-state index < -0.39 is 22.5 Å². The highest BCUT2D eigenvalue weighted by Crippen LogP contribution is 2.30. The highest BCUT2D eigenvalue weighted by Gasteiger charge is 2.30. The van der Waals surface area contributed by atoms with Crippen molar-refractivity contribution >= 4 is 38.9 Å². The topological polar surface area (TPSA) is 96.0 Å². The molecule has 3 aromatic rings. The number of hydrogen-bond acceptors (Lipinski definition) is 5. The molecule has 0 atom stereocenters. The Kier molecular flexibility index (Phi) is 6.32. The van der Waals surface area contributed by atoms with Crippen LogP contribution in [0.2, 0.25) is 0 Å². The number of anilines is 3. The number of benzene rings is 3. The van der Waals surface area contributed by atoms with Crippen molar-refractivity contribution in [3.05, 3.63) is 84.4 Å². The molecule has 8 nitrogen and oxygen atoms in total. The van der Waals surface area contributed by atoms with Crippen LogP contribution in [0, 0.1) is 0 Å². The van der Waals surface area contributed by atoms with Crippen LogP contribution in [-0.4, -0.2) is 39.6 Å². The van der Waals surface area contributed by atoms with Crippen molar-refractivity contribution in [2.45, 2.75) is 6.61 Å². The molecule has 1 aliphatic heterocycles. The predicted octanol–water partition coefficient (Wildman–Crippen LogP) is 3.02. The van der Waals surface area contributed by atoms with E-state index in [1.54, 1.807) is 48.5 Å². The Labute approximate surface area is 192 Å². The van der Waals surface area contributed by atoms with Gasteiger partial charge in [0.1, 0.15) is 25.4 Å². The second-order valence-electron chi connectivity index (χ2n) is 7.58. The minimum atomic E-state index is -3.77. The average Bonchev–Trinajstić information content (AvgIpc) is 2.81. The maximum Gasteiger partial charge on any atom is 0.248 e. The number of para-hydroxylation sites is 2. The number of nitrogens with zero attached hydrogens (tertiary/aromatic N) is 2. The summed E-state index contributed by atoms with van der Waals surface area (Å²) in [6.45, 7) is -0.241. The first-order valence-corrected chi connectivity index (χ1v) is 12.1. The zero-order valence-electron chi connectivity index (χ0n) is 18.0. The van der Waals surface area contributed by atoms with Crippen LogP contribution in [0.25, 0.3) is 0 Å². The summed E-state index contributed by atoms with van der Waals surface area (Å²) in [4.78, 5) is 26.4. The van der Waals surface area contributed by atoms with Crippen LogP contribution in [0.1, 0.15) is 5.56 Å². The first kappa shape index (κ1) is 22.3. The molecule has 0 bridgehead atoms. The van der Waals surface area contributed by atoms with Gasteiger partial charge in [-0.25, -0.2) is 8.42 Å². The molecule has 0 unspecified atom stereocenters.